The summed E-state index contributed by atoms with van der Waals surface area (Å²) in [6.07, 6.45) is 2.89. The van der Waals surface area contributed by atoms with Gasteiger partial charge in [0.05, 0.1) is 11.8 Å². The molecule has 1 amide bonds. The Morgan fingerprint density at radius 3 is 2.85 bits per heavy atom. The van der Waals surface area contributed by atoms with E-state index in [0.29, 0.717) is 19.0 Å². The van der Waals surface area contributed by atoms with Gasteiger partial charge in [-0.05, 0) is 42.5 Å². The van der Waals surface area contributed by atoms with Crippen LogP contribution < -0.4 is 14.8 Å². The van der Waals surface area contributed by atoms with Crippen LogP contribution in [0, 0.1) is 0 Å². The minimum absolute atomic E-state index is 0.0820. The van der Waals surface area contributed by atoms with E-state index in [1.807, 2.05) is 35.2 Å². The van der Waals surface area contributed by atoms with E-state index in [9.17, 15) is 4.79 Å². The molecule has 5 rings (SSSR count). The fraction of sp³-hybridized carbons (Fsp3) is 0.375. The van der Waals surface area contributed by atoms with Crippen LogP contribution in [0.2, 0.25) is 0 Å². The van der Waals surface area contributed by atoms with Crippen LogP contribution in [0.25, 0.3) is 0 Å². The smallest absolute Gasteiger partial charge is 0.233 e. The summed E-state index contributed by atoms with van der Waals surface area (Å²) in [7, 11) is 0. The summed E-state index contributed by atoms with van der Waals surface area (Å²) in [5.74, 6) is 2.04. The van der Waals surface area contributed by atoms with Crippen LogP contribution in [0.4, 0.5) is 5.13 Å². The molecule has 1 atom stereocenters. The number of amides is 1. The predicted molar refractivity (Wildman–Crippen MR) is 130 cm³/mol. The molecule has 0 saturated carbocycles. The lowest BCUT2D eigenvalue weighted by molar-refractivity contribution is -0.129. The number of hydrogen-bond donors (Lipinski definition) is 1. The van der Waals surface area contributed by atoms with Crippen molar-refractivity contribution in [2.24, 2.45) is 0 Å². The first-order chi connectivity index (χ1) is 16.3. The number of benzene rings is 2. The number of hydrogen-bond acceptors (Lipinski definition) is 8. The molecule has 1 aromatic heterocycles. The van der Waals surface area contributed by atoms with Gasteiger partial charge in [0.1, 0.15) is 13.2 Å². The average molecular weight is 483 g/mol. The second-order valence-corrected chi connectivity index (χ2v) is 10.2. The van der Waals surface area contributed by atoms with Crippen molar-refractivity contribution in [2.75, 3.05) is 37.4 Å². The Hall–Kier alpha value is -2.78. The number of rotatable bonds is 8. The van der Waals surface area contributed by atoms with Crippen molar-refractivity contribution in [1.82, 2.24) is 15.1 Å². The molecule has 0 radical (unpaired) electrons. The van der Waals surface area contributed by atoms with Gasteiger partial charge >= 0.3 is 0 Å². The van der Waals surface area contributed by atoms with Gasteiger partial charge in [-0.1, -0.05) is 59.5 Å². The maximum atomic E-state index is 13.0. The summed E-state index contributed by atoms with van der Waals surface area (Å²) in [6.45, 7) is 2.72. The molecule has 1 unspecified atom stereocenters. The molecule has 1 saturated heterocycles. The van der Waals surface area contributed by atoms with Gasteiger partial charge in [-0.2, -0.15) is 0 Å². The molecular weight excluding hydrogens is 456 g/mol. The van der Waals surface area contributed by atoms with Gasteiger partial charge < -0.3 is 19.7 Å². The fourth-order valence-electron chi connectivity index (χ4n) is 4.18. The zero-order valence-corrected chi connectivity index (χ0v) is 19.9. The quantitative estimate of drug-likeness (QED) is 0.476. The Bertz CT molecular complexity index is 1090. The van der Waals surface area contributed by atoms with Crippen molar-refractivity contribution in [1.29, 1.82) is 0 Å². The number of carbonyl (C=O) groups excluding carboxylic acids is 1. The monoisotopic (exact) mass is 482 g/mol. The molecule has 1 fully saturated rings. The van der Waals surface area contributed by atoms with E-state index in [2.05, 4.69) is 33.7 Å². The van der Waals surface area contributed by atoms with Crippen molar-refractivity contribution in [3.8, 4) is 11.5 Å². The highest BCUT2D eigenvalue weighted by atomic mass is 32.2. The lowest BCUT2D eigenvalue weighted by Gasteiger charge is -2.26. The van der Waals surface area contributed by atoms with E-state index in [4.69, 9.17) is 9.47 Å². The van der Waals surface area contributed by atoms with E-state index in [0.717, 1.165) is 58.9 Å². The first kappa shape index (κ1) is 22.0. The van der Waals surface area contributed by atoms with Gasteiger partial charge in [-0.25, -0.2) is 0 Å². The largest absolute Gasteiger partial charge is 0.486 e. The van der Waals surface area contributed by atoms with E-state index in [1.54, 1.807) is 0 Å². The molecule has 172 valence electrons. The third-order valence-electron chi connectivity index (χ3n) is 5.78. The summed E-state index contributed by atoms with van der Waals surface area (Å²) in [6, 6.07) is 16.5. The summed E-state index contributed by atoms with van der Waals surface area (Å²) in [5, 5.41) is 12.6. The lowest BCUT2D eigenvalue weighted by atomic mass is 10.0. The third-order valence-corrected chi connectivity index (χ3v) is 7.78. The predicted octanol–water partition coefficient (Wildman–Crippen LogP) is 4.42. The minimum atomic E-state index is 0.0820. The van der Waals surface area contributed by atoms with E-state index in [-0.39, 0.29) is 11.9 Å². The second kappa shape index (κ2) is 10.4. The first-order valence-corrected chi connectivity index (χ1v) is 13.0. The number of carbonyl (C=O) groups is 1. The Morgan fingerprint density at radius 2 is 1.97 bits per heavy atom. The van der Waals surface area contributed by atoms with Crippen LogP contribution in [0.15, 0.2) is 52.9 Å². The maximum absolute atomic E-state index is 13.0. The highest BCUT2D eigenvalue weighted by Gasteiger charge is 2.31. The third kappa shape index (κ3) is 5.42. The number of nitrogens with zero attached hydrogens (tertiary/aromatic N) is 3. The van der Waals surface area contributed by atoms with Gasteiger partial charge in [0.15, 0.2) is 15.8 Å². The highest BCUT2D eigenvalue weighted by molar-refractivity contribution is 8.01. The standard InChI is InChI=1S/C24H26N4O3S2/c29-22(16-32-24-27-26-23(33-24)25-11-10-17-5-2-1-3-6-17)28-12-4-7-19(28)18-8-9-20-21(15-18)31-14-13-30-20/h1-3,5-6,8-9,15,19H,4,7,10-14,16H2,(H,25,26). The molecule has 1 N–H and O–H groups in total. The molecule has 2 aliphatic rings. The molecule has 33 heavy (non-hydrogen) atoms. The zero-order chi connectivity index (χ0) is 22.5. The average Bonchev–Trinajstić information content (AvgIpc) is 3.53. The Morgan fingerprint density at radius 1 is 1.12 bits per heavy atom. The van der Waals surface area contributed by atoms with Crippen molar-refractivity contribution < 1.29 is 14.3 Å². The van der Waals surface area contributed by atoms with Crippen LogP contribution in [0.5, 0.6) is 11.5 Å². The van der Waals surface area contributed by atoms with Gasteiger partial charge in [-0.15, -0.1) is 10.2 Å². The summed E-state index contributed by atoms with van der Waals surface area (Å²) >= 11 is 2.95. The molecule has 7 nitrogen and oxygen atoms in total. The Kier molecular flexibility index (Phi) is 6.97. The van der Waals surface area contributed by atoms with Crippen LogP contribution in [0.3, 0.4) is 0 Å². The number of anilines is 1. The summed E-state index contributed by atoms with van der Waals surface area (Å²) in [4.78, 5) is 15.0. The number of ether oxygens (including phenoxy) is 2. The molecule has 3 aromatic rings. The normalized spacial score (nSPS) is 17.2. The van der Waals surface area contributed by atoms with Crippen molar-refractivity contribution in [3.05, 3.63) is 59.7 Å². The first-order valence-electron chi connectivity index (χ1n) is 11.2. The van der Waals surface area contributed by atoms with Crippen molar-refractivity contribution >= 4 is 34.1 Å². The van der Waals surface area contributed by atoms with Crippen LogP contribution in [-0.4, -0.2) is 53.1 Å². The van der Waals surface area contributed by atoms with Gasteiger partial charge in [0.2, 0.25) is 11.0 Å². The summed E-state index contributed by atoms with van der Waals surface area (Å²) < 4.78 is 12.2. The molecule has 0 spiro atoms. The lowest BCUT2D eigenvalue weighted by Crippen LogP contribution is -2.32. The molecule has 3 heterocycles. The minimum Gasteiger partial charge on any atom is -0.486 e. The molecular formula is C24H26N4O3S2. The van der Waals surface area contributed by atoms with E-state index in [1.165, 1.54) is 28.7 Å². The second-order valence-electron chi connectivity index (χ2n) is 7.97. The number of likely N-dealkylation sites (tertiary alicyclic amines) is 1. The van der Waals surface area contributed by atoms with Crippen molar-refractivity contribution in [2.45, 2.75) is 29.6 Å². The van der Waals surface area contributed by atoms with E-state index >= 15 is 0 Å². The topological polar surface area (TPSA) is 76.6 Å². The SMILES string of the molecule is O=C(CSc1nnc(NCCc2ccccc2)s1)N1CCCC1c1ccc2c(c1)OCCO2. The van der Waals surface area contributed by atoms with Crippen LogP contribution in [0.1, 0.15) is 30.0 Å². The zero-order valence-electron chi connectivity index (χ0n) is 18.2. The van der Waals surface area contributed by atoms with Crippen LogP contribution >= 0.6 is 23.1 Å². The van der Waals surface area contributed by atoms with Crippen molar-refractivity contribution in [3.63, 3.8) is 0 Å². The molecule has 2 aliphatic heterocycles. The van der Waals surface area contributed by atoms with Gasteiger partial charge in [0, 0.05) is 13.1 Å². The Labute approximate surface area is 201 Å². The Balaban J connectivity index is 1.13. The number of nitrogens with one attached hydrogen (secondary N) is 1. The maximum Gasteiger partial charge on any atom is 0.233 e. The van der Waals surface area contributed by atoms with E-state index < -0.39 is 0 Å². The number of thioether (sulfide) groups is 1. The highest BCUT2D eigenvalue weighted by Crippen LogP contribution is 2.38. The molecule has 0 bridgehead atoms. The molecule has 2 aromatic carbocycles. The van der Waals surface area contributed by atoms with Gasteiger partial charge in [-0.3, -0.25) is 4.79 Å². The van der Waals surface area contributed by atoms with Crippen LogP contribution in [-0.2, 0) is 11.2 Å². The molecule has 0 aliphatic carbocycles. The number of aromatic nitrogens is 2. The molecule has 9 heteroatoms. The number of fused-ring (bicyclic) bond motifs is 1. The summed E-state index contributed by atoms with van der Waals surface area (Å²) in [5.41, 5.74) is 2.39. The van der Waals surface area contributed by atoms with Gasteiger partial charge in [0.25, 0.3) is 0 Å². The fourth-order valence-corrected chi connectivity index (χ4v) is 5.85.